The van der Waals surface area contributed by atoms with Gasteiger partial charge < -0.3 is 4.74 Å². The molecule has 1 aliphatic carbocycles. The van der Waals surface area contributed by atoms with Crippen LogP contribution < -0.4 is 0 Å². The normalized spacial score (nSPS) is 30.3. The number of likely N-dealkylation sites (tertiary alicyclic amines) is 1. The highest BCUT2D eigenvalue weighted by Gasteiger charge is 2.49. The lowest BCUT2D eigenvalue weighted by molar-refractivity contribution is 0.0600. The molecule has 2 aliphatic rings. The summed E-state index contributed by atoms with van der Waals surface area (Å²) in [7, 11) is 1.42. The number of esters is 1. The lowest BCUT2D eigenvalue weighted by Gasteiger charge is -2.40. The molecule has 0 amide bonds. The lowest BCUT2D eigenvalue weighted by Crippen LogP contribution is -2.34. The van der Waals surface area contributed by atoms with E-state index in [0.717, 1.165) is 6.54 Å². The number of hydrogen-bond acceptors (Lipinski definition) is 3. The SMILES string of the molecule is COC(=O)c1ccc(CN2C[C@]3(C)C[C@@H]2CC(C)(C)C3)cc1. The minimum Gasteiger partial charge on any atom is -0.465 e. The molecule has 0 radical (unpaired) electrons. The van der Waals surface area contributed by atoms with Gasteiger partial charge in [-0.15, -0.1) is 0 Å². The fourth-order valence-corrected chi connectivity index (χ4v) is 4.86. The van der Waals surface area contributed by atoms with Gasteiger partial charge in [-0.3, -0.25) is 4.90 Å². The molecule has 1 saturated heterocycles. The van der Waals surface area contributed by atoms with E-state index < -0.39 is 0 Å². The van der Waals surface area contributed by atoms with Gasteiger partial charge in [-0.25, -0.2) is 4.79 Å². The van der Waals surface area contributed by atoms with Gasteiger partial charge in [-0.1, -0.05) is 32.9 Å². The highest BCUT2D eigenvalue weighted by Crippen LogP contribution is 2.52. The molecule has 1 aromatic carbocycles. The molecule has 2 bridgehead atoms. The molecule has 0 spiro atoms. The van der Waals surface area contributed by atoms with Crippen LogP contribution in [0.5, 0.6) is 0 Å². The number of carbonyl (C=O) groups is 1. The summed E-state index contributed by atoms with van der Waals surface area (Å²) < 4.78 is 4.75. The number of carbonyl (C=O) groups excluding carboxylic acids is 1. The quantitative estimate of drug-likeness (QED) is 0.794. The zero-order valence-corrected chi connectivity index (χ0v) is 14.2. The number of rotatable bonds is 3. The largest absolute Gasteiger partial charge is 0.465 e. The summed E-state index contributed by atoms with van der Waals surface area (Å²) in [5.74, 6) is -0.266. The smallest absolute Gasteiger partial charge is 0.337 e. The zero-order valence-electron chi connectivity index (χ0n) is 14.2. The Bertz CT molecular complexity index is 563. The van der Waals surface area contributed by atoms with Gasteiger partial charge in [0.15, 0.2) is 0 Å². The third-order valence-electron chi connectivity index (χ3n) is 5.28. The first kappa shape index (κ1) is 15.5. The molecule has 1 aromatic rings. The molecule has 0 N–H and O–H groups in total. The summed E-state index contributed by atoms with van der Waals surface area (Å²) >= 11 is 0. The number of fused-ring (bicyclic) bond motifs is 2. The molecule has 0 unspecified atom stereocenters. The van der Waals surface area contributed by atoms with Crippen LogP contribution in [0.25, 0.3) is 0 Å². The Morgan fingerprint density at radius 1 is 1.23 bits per heavy atom. The van der Waals surface area contributed by atoms with Crippen molar-refractivity contribution in [1.82, 2.24) is 4.90 Å². The highest BCUT2D eigenvalue weighted by atomic mass is 16.5. The molecule has 22 heavy (non-hydrogen) atoms. The molecule has 1 saturated carbocycles. The maximum absolute atomic E-state index is 11.5. The Kier molecular flexibility index (Phi) is 3.80. The average Bonchev–Trinajstić information content (AvgIpc) is 2.67. The number of hydrogen-bond donors (Lipinski definition) is 0. The third kappa shape index (κ3) is 3.05. The molecule has 1 aliphatic heterocycles. The average molecular weight is 301 g/mol. The first-order valence-corrected chi connectivity index (χ1v) is 8.22. The Morgan fingerprint density at radius 2 is 1.91 bits per heavy atom. The monoisotopic (exact) mass is 301 g/mol. The first-order chi connectivity index (χ1) is 10.3. The predicted molar refractivity (Wildman–Crippen MR) is 87.7 cm³/mol. The van der Waals surface area contributed by atoms with E-state index >= 15 is 0 Å². The summed E-state index contributed by atoms with van der Waals surface area (Å²) in [6, 6.07) is 8.56. The first-order valence-electron chi connectivity index (χ1n) is 8.22. The predicted octanol–water partition coefficient (Wildman–Crippen LogP) is 3.87. The topological polar surface area (TPSA) is 29.5 Å². The second-order valence-corrected chi connectivity index (χ2v) is 8.31. The summed E-state index contributed by atoms with van der Waals surface area (Å²) in [4.78, 5) is 14.1. The van der Waals surface area contributed by atoms with E-state index in [1.54, 1.807) is 0 Å². The van der Waals surface area contributed by atoms with Gasteiger partial charge in [0.1, 0.15) is 0 Å². The van der Waals surface area contributed by atoms with Crippen molar-refractivity contribution in [2.45, 2.75) is 52.6 Å². The Balaban J connectivity index is 1.70. The molecular weight excluding hydrogens is 274 g/mol. The minimum absolute atomic E-state index is 0.266. The second kappa shape index (κ2) is 5.38. The lowest BCUT2D eigenvalue weighted by atomic mass is 9.65. The van der Waals surface area contributed by atoms with Crippen LogP contribution in [0, 0.1) is 10.8 Å². The van der Waals surface area contributed by atoms with Crippen LogP contribution in [0.2, 0.25) is 0 Å². The van der Waals surface area contributed by atoms with Gasteiger partial charge in [0.25, 0.3) is 0 Å². The van der Waals surface area contributed by atoms with Crippen molar-refractivity contribution in [2.75, 3.05) is 13.7 Å². The van der Waals surface area contributed by atoms with E-state index in [-0.39, 0.29) is 5.97 Å². The number of benzene rings is 1. The Hall–Kier alpha value is -1.35. The maximum Gasteiger partial charge on any atom is 0.337 e. The van der Waals surface area contributed by atoms with Crippen molar-refractivity contribution in [3.8, 4) is 0 Å². The van der Waals surface area contributed by atoms with Crippen molar-refractivity contribution in [2.24, 2.45) is 10.8 Å². The van der Waals surface area contributed by atoms with E-state index in [9.17, 15) is 4.79 Å². The molecule has 2 fully saturated rings. The van der Waals surface area contributed by atoms with Gasteiger partial charge >= 0.3 is 5.97 Å². The second-order valence-electron chi connectivity index (χ2n) is 8.31. The van der Waals surface area contributed by atoms with Crippen LogP contribution in [0.15, 0.2) is 24.3 Å². The van der Waals surface area contributed by atoms with Gasteiger partial charge in [0, 0.05) is 19.1 Å². The van der Waals surface area contributed by atoms with Gasteiger partial charge in [-0.2, -0.15) is 0 Å². The molecular formula is C19H27NO2. The molecule has 2 atom stereocenters. The van der Waals surface area contributed by atoms with Gasteiger partial charge in [0.05, 0.1) is 12.7 Å². The summed E-state index contributed by atoms with van der Waals surface area (Å²) in [6.45, 7) is 9.44. The molecule has 3 heteroatoms. The van der Waals surface area contributed by atoms with Crippen LogP contribution in [-0.2, 0) is 11.3 Å². The maximum atomic E-state index is 11.5. The van der Waals surface area contributed by atoms with Crippen LogP contribution >= 0.6 is 0 Å². The number of methoxy groups -OCH3 is 1. The van der Waals surface area contributed by atoms with Gasteiger partial charge in [0.2, 0.25) is 0 Å². The van der Waals surface area contributed by atoms with Crippen molar-refractivity contribution in [3.63, 3.8) is 0 Å². The minimum atomic E-state index is -0.266. The molecule has 1 heterocycles. The fourth-order valence-electron chi connectivity index (χ4n) is 4.86. The molecule has 3 rings (SSSR count). The van der Waals surface area contributed by atoms with Crippen molar-refractivity contribution in [3.05, 3.63) is 35.4 Å². The Labute approximate surface area is 133 Å². The fraction of sp³-hybridized carbons (Fsp3) is 0.632. The van der Waals surface area contributed by atoms with E-state index in [2.05, 4.69) is 37.8 Å². The summed E-state index contributed by atoms with van der Waals surface area (Å²) in [5.41, 5.74) is 2.83. The molecule has 0 aromatic heterocycles. The van der Waals surface area contributed by atoms with Crippen molar-refractivity contribution >= 4 is 5.97 Å². The van der Waals surface area contributed by atoms with E-state index in [1.165, 1.54) is 38.5 Å². The summed E-state index contributed by atoms with van der Waals surface area (Å²) in [5, 5.41) is 0. The third-order valence-corrected chi connectivity index (χ3v) is 5.28. The highest BCUT2D eigenvalue weighted by molar-refractivity contribution is 5.89. The van der Waals surface area contributed by atoms with Crippen LogP contribution in [0.1, 0.15) is 56.0 Å². The Morgan fingerprint density at radius 3 is 2.55 bits per heavy atom. The molecule has 120 valence electrons. The standard InChI is InChI=1S/C19H27NO2/c1-18(2)9-16-10-19(3,12-18)13-20(16)11-14-5-7-15(8-6-14)17(21)22-4/h5-8,16H,9-13H2,1-4H3/t16-,19+/m0/s1. The van der Waals surface area contributed by atoms with Gasteiger partial charge in [-0.05, 0) is 47.8 Å². The van der Waals surface area contributed by atoms with Crippen molar-refractivity contribution in [1.29, 1.82) is 0 Å². The number of nitrogens with zero attached hydrogens (tertiary/aromatic N) is 1. The van der Waals surface area contributed by atoms with Crippen LogP contribution in [-0.4, -0.2) is 30.6 Å². The molecule has 3 nitrogen and oxygen atoms in total. The van der Waals surface area contributed by atoms with E-state index in [4.69, 9.17) is 4.74 Å². The van der Waals surface area contributed by atoms with Crippen LogP contribution in [0.4, 0.5) is 0 Å². The van der Waals surface area contributed by atoms with Crippen LogP contribution in [0.3, 0.4) is 0 Å². The van der Waals surface area contributed by atoms with E-state index in [0.29, 0.717) is 22.4 Å². The summed E-state index contributed by atoms with van der Waals surface area (Å²) in [6.07, 6.45) is 3.95. The number of ether oxygens (including phenoxy) is 1. The van der Waals surface area contributed by atoms with Crippen molar-refractivity contribution < 1.29 is 9.53 Å². The zero-order chi connectivity index (χ0) is 16.0. The van der Waals surface area contributed by atoms with E-state index in [1.807, 2.05) is 12.1 Å².